The summed E-state index contributed by atoms with van der Waals surface area (Å²) in [5.41, 5.74) is 0.330. The van der Waals surface area contributed by atoms with Gasteiger partial charge in [-0.3, -0.25) is 15.1 Å². The first-order valence-electron chi connectivity index (χ1n) is 8.36. The Bertz CT molecular complexity index is 699. The Morgan fingerprint density at radius 3 is 2.63 bits per heavy atom. The number of carbonyl (C=O) groups excluding carboxylic acids is 1. The van der Waals surface area contributed by atoms with E-state index in [0.29, 0.717) is 25.6 Å². The zero-order valence-corrected chi connectivity index (χ0v) is 18.2. The summed E-state index contributed by atoms with van der Waals surface area (Å²) >= 11 is 0. The molecule has 0 aliphatic carbocycles. The molecule has 2 N–H and O–H groups in total. The van der Waals surface area contributed by atoms with Crippen LogP contribution >= 0.6 is 24.0 Å². The molecule has 1 aliphatic heterocycles. The number of nitrogens with zero attached hydrogens (tertiary/aromatic N) is 3. The van der Waals surface area contributed by atoms with Crippen LogP contribution in [0.4, 0.5) is 10.5 Å². The van der Waals surface area contributed by atoms with E-state index in [4.69, 9.17) is 4.74 Å². The highest BCUT2D eigenvalue weighted by molar-refractivity contribution is 14.0. The average Bonchev–Trinajstić information content (AvgIpc) is 2.51. The number of non-ortho nitro benzene ring substituents is 1. The van der Waals surface area contributed by atoms with Crippen molar-refractivity contribution in [1.29, 1.82) is 0 Å². The predicted octanol–water partition coefficient (Wildman–Crippen LogP) is 2.50. The summed E-state index contributed by atoms with van der Waals surface area (Å²) < 4.78 is 5.32. The van der Waals surface area contributed by atoms with E-state index in [-0.39, 0.29) is 41.8 Å². The number of hydrogen-bond acceptors (Lipinski definition) is 5. The SMILES string of the molecule is CN=C(NCc1cccc([N+](=O)[O-])c1)NC1CN(C(=O)OC(C)(C)C)C1.I. The molecular formula is C17H26IN5O4. The van der Waals surface area contributed by atoms with Gasteiger partial charge in [-0.05, 0) is 26.3 Å². The molecule has 2 rings (SSSR count). The molecule has 0 saturated carbocycles. The maximum atomic E-state index is 11.9. The molecule has 1 saturated heterocycles. The number of nitrogens with one attached hydrogen (secondary N) is 2. The quantitative estimate of drug-likeness (QED) is 0.220. The summed E-state index contributed by atoms with van der Waals surface area (Å²) in [6, 6.07) is 6.51. The van der Waals surface area contributed by atoms with E-state index in [1.54, 1.807) is 24.1 Å². The van der Waals surface area contributed by atoms with Crippen LogP contribution in [0.25, 0.3) is 0 Å². The van der Waals surface area contributed by atoms with Gasteiger partial charge in [0.15, 0.2) is 5.96 Å². The molecule has 0 bridgehead atoms. The molecule has 150 valence electrons. The van der Waals surface area contributed by atoms with E-state index >= 15 is 0 Å². The topological polar surface area (TPSA) is 109 Å². The van der Waals surface area contributed by atoms with Crippen molar-refractivity contribution >= 4 is 41.7 Å². The van der Waals surface area contributed by atoms with Crippen molar-refractivity contribution in [2.45, 2.75) is 39.0 Å². The molecule has 10 heteroatoms. The second-order valence-electron chi connectivity index (χ2n) is 7.08. The molecule has 0 atom stereocenters. The number of amides is 1. The zero-order valence-electron chi connectivity index (χ0n) is 15.9. The molecule has 1 fully saturated rings. The Balaban J connectivity index is 0.00000364. The lowest BCUT2D eigenvalue weighted by Gasteiger charge is -2.40. The van der Waals surface area contributed by atoms with Gasteiger partial charge in [0.2, 0.25) is 0 Å². The first-order valence-corrected chi connectivity index (χ1v) is 8.36. The van der Waals surface area contributed by atoms with Crippen LogP contribution in [0.2, 0.25) is 0 Å². The maximum Gasteiger partial charge on any atom is 0.410 e. The van der Waals surface area contributed by atoms with Gasteiger partial charge in [-0.15, -0.1) is 24.0 Å². The minimum Gasteiger partial charge on any atom is -0.444 e. The molecule has 0 spiro atoms. The molecule has 1 aromatic rings. The van der Waals surface area contributed by atoms with E-state index in [1.165, 1.54) is 12.1 Å². The van der Waals surface area contributed by atoms with Crippen LogP contribution in [0.1, 0.15) is 26.3 Å². The van der Waals surface area contributed by atoms with E-state index in [0.717, 1.165) is 5.56 Å². The molecule has 1 amide bonds. The lowest BCUT2D eigenvalue weighted by Crippen LogP contribution is -2.63. The van der Waals surface area contributed by atoms with Crippen LogP contribution in [0.5, 0.6) is 0 Å². The number of nitro benzene ring substituents is 1. The van der Waals surface area contributed by atoms with Gasteiger partial charge < -0.3 is 20.3 Å². The maximum absolute atomic E-state index is 11.9. The molecule has 27 heavy (non-hydrogen) atoms. The van der Waals surface area contributed by atoms with Crippen molar-refractivity contribution in [3.8, 4) is 0 Å². The normalized spacial score (nSPS) is 14.7. The zero-order chi connectivity index (χ0) is 19.3. The highest BCUT2D eigenvalue weighted by Gasteiger charge is 2.34. The fourth-order valence-corrected chi connectivity index (χ4v) is 2.40. The van der Waals surface area contributed by atoms with Gasteiger partial charge in [0.05, 0.1) is 11.0 Å². The molecular weight excluding hydrogens is 465 g/mol. The minimum absolute atomic E-state index is 0. The number of likely N-dealkylation sites (tertiary alicyclic amines) is 1. The van der Waals surface area contributed by atoms with Crippen molar-refractivity contribution in [3.63, 3.8) is 0 Å². The number of carbonyl (C=O) groups is 1. The van der Waals surface area contributed by atoms with Crippen molar-refractivity contribution in [1.82, 2.24) is 15.5 Å². The first-order chi connectivity index (χ1) is 12.2. The second kappa shape index (κ2) is 9.72. The lowest BCUT2D eigenvalue weighted by atomic mass is 10.1. The fourth-order valence-electron chi connectivity index (χ4n) is 2.40. The summed E-state index contributed by atoms with van der Waals surface area (Å²) in [6.07, 6.45) is -0.324. The summed E-state index contributed by atoms with van der Waals surface area (Å²) in [6.45, 7) is 6.98. The van der Waals surface area contributed by atoms with Gasteiger partial charge in [0.25, 0.3) is 5.69 Å². The number of hydrogen-bond donors (Lipinski definition) is 2. The number of benzene rings is 1. The number of nitro groups is 1. The first kappa shape index (κ1) is 22.9. The molecule has 0 radical (unpaired) electrons. The van der Waals surface area contributed by atoms with E-state index in [2.05, 4.69) is 15.6 Å². The number of guanidine groups is 1. The highest BCUT2D eigenvalue weighted by atomic mass is 127. The monoisotopic (exact) mass is 491 g/mol. The molecule has 1 heterocycles. The van der Waals surface area contributed by atoms with Crippen LogP contribution < -0.4 is 10.6 Å². The number of ether oxygens (including phenoxy) is 1. The third-order valence-electron chi connectivity index (χ3n) is 3.68. The van der Waals surface area contributed by atoms with Crippen LogP contribution in [0.3, 0.4) is 0 Å². The Hall–Kier alpha value is -2.11. The van der Waals surface area contributed by atoms with Gasteiger partial charge in [0, 0.05) is 38.8 Å². The van der Waals surface area contributed by atoms with Gasteiger partial charge in [-0.1, -0.05) is 12.1 Å². The van der Waals surface area contributed by atoms with Gasteiger partial charge in [-0.25, -0.2) is 4.79 Å². The number of rotatable bonds is 4. The van der Waals surface area contributed by atoms with Gasteiger partial charge >= 0.3 is 6.09 Å². The Morgan fingerprint density at radius 1 is 1.41 bits per heavy atom. The summed E-state index contributed by atoms with van der Waals surface area (Å²) in [5, 5.41) is 17.1. The Morgan fingerprint density at radius 2 is 2.07 bits per heavy atom. The third-order valence-corrected chi connectivity index (χ3v) is 3.68. The molecule has 1 aliphatic rings. The summed E-state index contributed by atoms with van der Waals surface area (Å²) in [7, 11) is 1.65. The van der Waals surface area contributed by atoms with Crippen molar-refractivity contribution in [2.24, 2.45) is 4.99 Å². The smallest absolute Gasteiger partial charge is 0.410 e. The van der Waals surface area contributed by atoms with E-state index in [1.807, 2.05) is 20.8 Å². The number of halogens is 1. The second-order valence-corrected chi connectivity index (χ2v) is 7.08. The van der Waals surface area contributed by atoms with Crippen LogP contribution in [-0.4, -0.2) is 53.7 Å². The van der Waals surface area contributed by atoms with E-state index in [9.17, 15) is 14.9 Å². The van der Waals surface area contributed by atoms with Crippen molar-refractivity contribution in [3.05, 3.63) is 39.9 Å². The van der Waals surface area contributed by atoms with E-state index < -0.39 is 10.5 Å². The Labute approximate surface area is 175 Å². The summed E-state index contributed by atoms with van der Waals surface area (Å²) in [5.74, 6) is 0.574. The average molecular weight is 491 g/mol. The summed E-state index contributed by atoms with van der Waals surface area (Å²) in [4.78, 5) is 28.1. The van der Waals surface area contributed by atoms with Crippen LogP contribution in [-0.2, 0) is 11.3 Å². The molecule has 9 nitrogen and oxygen atoms in total. The molecule has 0 unspecified atom stereocenters. The van der Waals surface area contributed by atoms with Crippen LogP contribution in [0.15, 0.2) is 29.3 Å². The predicted molar refractivity (Wildman–Crippen MR) is 113 cm³/mol. The standard InChI is InChI=1S/C17H25N5O4.HI/c1-17(2,3)26-16(23)21-10-13(11-21)20-15(18-4)19-9-12-6-5-7-14(8-12)22(24)25;/h5-8,13H,9-11H2,1-4H3,(H2,18,19,20);1H. The van der Waals surface area contributed by atoms with Gasteiger partial charge in [-0.2, -0.15) is 0 Å². The molecule has 1 aromatic carbocycles. The number of aliphatic imine (C=N–C) groups is 1. The molecule has 0 aromatic heterocycles. The largest absolute Gasteiger partial charge is 0.444 e. The minimum atomic E-state index is -0.508. The lowest BCUT2D eigenvalue weighted by molar-refractivity contribution is -0.384. The highest BCUT2D eigenvalue weighted by Crippen LogP contribution is 2.15. The van der Waals surface area contributed by atoms with Gasteiger partial charge in [0.1, 0.15) is 5.60 Å². The van der Waals surface area contributed by atoms with Crippen LogP contribution in [0, 0.1) is 10.1 Å². The van der Waals surface area contributed by atoms with Crippen molar-refractivity contribution < 1.29 is 14.5 Å². The van der Waals surface area contributed by atoms with Crippen molar-refractivity contribution in [2.75, 3.05) is 20.1 Å². The fraction of sp³-hybridized carbons (Fsp3) is 0.529. The third kappa shape index (κ3) is 7.19. The Kier molecular flexibility index (Phi) is 8.25.